The zero-order chi connectivity index (χ0) is 18.0. The number of rotatable bonds is 5. The molecule has 0 atom stereocenters. The van der Waals surface area contributed by atoms with Crippen molar-refractivity contribution in [3.63, 3.8) is 0 Å². The third-order valence-electron chi connectivity index (χ3n) is 4.07. The Hall–Kier alpha value is -2.44. The Morgan fingerprint density at radius 1 is 1.15 bits per heavy atom. The van der Waals surface area contributed by atoms with E-state index >= 15 is 0 Å². The Labute approximate surface area is 162 Å². The van der Waals surface area contributed by atoms with Crippen molar-refractivity contribution in [1.29, 1.82) is 0 Å². The van der Waals surface area contributed by atoms with Crippen LogP contribution in [0.2, 0.25) is 0 Å². The molecule has 0 spiro atoms. The molecule has 136 valence electrons. The molecule has 3 rings (SSSR count). The highest BCUT2D eigenvalue weighted by atomic mass is 35.5. The van der Waals surface area contributed by atoms with Gasteiger partial charge in [-0.3, -0.25) is 10.1 Å². The Kier molecular flexibility index (Phi) is 6.34. The average Bonchev–Trinajstić information content (AvgIpc) is 2.96. The molecule has 5 nitrogen and oxygen atoms in total. The van der Waals surface area contributed by atoms with Crippen LogP contribution in [0.15, 0.2) is 42.5 Å². The Morgan fingerprint density at radius 2 is 1.85 bits per heavy atom. The summed E-state index contributed by atoms with van der Waals surface area (Å²) in [5, 5.41) is 12.1. The number of nitro benzene ring substituents is 1. The van der Waals surface area contributed by atoms with Crippen LogP contribution in [0.1, 0.15) is 17.5 Å². The molecule has 0 fully saturated rings. The molecule has 26 heavy (non-hydrogen) atoms. The average molecular weight is 390 g/mol. The van der Waals surface area contributed by atoms with Gasteiger partial charge in [-0.1, -0.05) is 23.5 Å². The smallest absolute Gasteiger partial charge is 0.271 e. The summed E-state index contributed by atoms with van der Waals surface area (Å²) in [6.45, 7) is 2.90. The van der Waals surface area contributed by atoms with Gasteiger partial charge in [-0.25, -0.2) is 0 Å². The van der Waals surface area contributed by atoms with E-state index < -0.39 is 0 Å². The molecule has 0 saturated carbocycles. The summed E-state index contributed by atoms with van der Waals surface area (Å²) in [7, 11) is 4.04. The second kappa shape index (κ2) is 8.29. The summed E-state index contributed by atoms with van der Waals surface area (Å²) >= 11 is 1.57. The fourth-order valence-corrected chi connectivity index (χ4v) is 3.87. The van der Waals surface area contributed by atoms with Crippen molar-refractivity contribution in [2.45, 2.75) is 13.5 Å². The van der Waals surface area contributed by atoms with Crippen LogP contribution in [-0.2, 0) is 6.54 Å². The minimum Gasteiger partial charge on any atom is -1.00 e. The number of fused-ring (bicyclic) bond motifs is 1. The lowest BCUT2D eigenvalue weighted by molar-refractivity contribution is -0.665. The molecule has 0 aliphatic carbocycles. The number of benzene rings is 2. The zero-order valence-corrected chi connectivity index (χ0v) is 16.4. The predicted molar refractivity (Wildman–Crippen MR) is 104 cm³/mol. The van der Waals surface area contributed by atoms with Gasteiger partial charge in [-0.15, -0.1) is 0 Å². The van der Waals surface area contributed by atoms with Gasteiger partial charge in [0.25, 0.3) is 10.7 Å². The molecular weight excluding hydrogens is 370 g/mol. The minimum atomic E-state index is -0.350. The molecule has 7 heteroatoms. The fourth-order valence-electron chi connectivity index (χ4n) is 2.71. The Balaban J connectivity index is 0.00000243. The van der Waals surface area contributed by atoms with E-state index in [2.05, 4.69) is 52.8 Å². The van der Waals surface area contributed by atoms with E-state index in [0.717, 1.165) is 33.0 Å². The molecule has 0 amide bonds. The first-order valence-electron chi connectivity index (χ1n) is 8.06. The maximum absolute atomic E-state index is 11.0. The highest BCUT2D eigenvalue weighted by Crippen LogP contribution is 2.26. The number of non-ortho nitro benzene ring substituents is 1. The van der Waals surface area contributed by atoms with E-state index in [4.69, 9.17) is 0 Å². The fraction of sp³-hybridized carbons (Fsp3) is 0.211. The minimum absolute atomic E-state index is 0. The second-order valence-corrected chi connectivity index (χ2v) is 6.98. The predicted octanol–water partition coefficient (Wildman–Crippen LogP) is 1.36. The molecule has 0 saturated heterocycles. The third-order valence-corrected chi connectivity index (χ3v) is 5.18. The molecule has 0 unspecified atom stereocenters. The summed E-state index contributed by atoms with van der Waals surface area (Å²) in [4.78, 5) is 12.7. The molecule has 1 aromatic heterocycles. The van der Waals surface area contributed by atoms with E-state index in [-0.39, 0.29) is 23.0 Å². The second-order valence-electron chi connectivity index (χ2n) is 5.91. The van der Waals surface area contributed by atoms with Gasteiger partial charge in [0.15, 0.2) is 0 Å². The van der Waals surface area contributed by atoms with Gasteiger partial charge in [0.1, 0.15) is 11.2 Å². The molecule has 0 radical (unpaired) electrons. The summed E-state index contributed by atoms with van der Waals surface area (Å²) in [6, 6.07) is 13.4. The van der Waals surface area contributed by atoms with E-state index in [1.54, 1.807) is 23.5 Å². The van der Waals surface area contributed by atoms with Crippen molar-refractivity contribution in [1.82, 2.24) is 0 Å². The van der Waals surface area contributed by atoms with Crippen LogP contribution in [0.4, 0.5) is 11.4 Å². The number of aryl methyl sites for hydroxylation is 1. The third kappa shape index (κ3) is 4.03. The summed E-state index contributed by atoms with van der Waals surface area (Å²) in [6.07, 6.45) is 4.15. The number of halogens is 1. The lowest BCUT2D eigenvalue weighted by Crippen LogP contribution is -3.00. The van der Waals surface area contributed by atoms with Gasteiger partial charge in [0.05, 0.1) is 4.92 Å². The van der Waals surface area contributed by atoms with Crippen LogP contribution in [0.5, 0.6) is 0 Å². The van der Waals surface area contributed by atoms with Gasteiger partial charge in [-0.2, -0.15) is 4.57 Å². The molecule has 3 aromatic rings. The maximum atomic E-state index is 11.0. The van der Waals surface area contributed by atoms with Gasteiger partial charge in [-0.05, 0) is 30.7 Å². The first-order valence-corrected chi connectivity index (χ1v) is 8.87. The molecular formula is C19H20ClN3O2S. The van der Waals surface area contributed by atoms with Crippen molar-refractivity contribution in [2.24, 2.45) is 0 Å². The van der Waals surface area contributed by atoms with Crippen LogP contribution >= 0.6 is 11.3 Å². The Morgan fingerprint density at radius 3 is 2.42 bits per heavy atom. The van der Waals surface area contributed by atoms with Crippen LogP contribution in [-0.4, -0.2) is 19.0 Å². The first-order chi connectivity index (χ1) is 12.0. The van der Waals surface area contributed by atoms with Gasteiger partial charge in [0.2, 0.25) is 5.52 Å². The SMILES string of the molecule is CC[n+]1c(C=Cc2ccc(N(C)C)cc2)sc2cc([N+](=O)[O-])ccc21.[Cl-]. The molecule has 2 aromatic carbocycles. The number of aromatic nitrogens is 1. The van der Waals surface area contributed by atoms with E-state index in [1.165, 1.54) is 0 Å². The molecule has 0 aliphatic rings. The summed E-state index contributed by atoms with van der Waals surface area (Å²) in [5.41, 5.74) is 3.44. The normalized spacial score (nSPS) is 10.9. The van der Waals surface area contributed by atoms with Crippen molar-refractivity contribution in [3.05, 3.63) is 63.1 Å². The van der Waals surface area contributed by atoms with Gasteiger partial charge >= 0.3 is 0 Å². The van der Waals surface area contributed by atoms with Crippen LogP contribution < -0.4 is 21.9 Å². The summed E-state index contributed by atoms with van der Waals surface area (Å²) in [5.74, 6) is 0. The maximum Gasteiger partial charge on any atom is 0.271 e. The van der Waals surface area contributed by atoms with E-state index in [1.807, 2.05) is 20.2 Å². The lowest BCUT2D eigenvalue weighted by Gasteiger charge is -2.11. The number of hydrogen-bond donors (Lipinski definition) is 0. The number of nitro groups is 1. The molecule has 0 bridgehead atoms. The van der Waals surface area contributed by atoms with Crippen molar-refractivity contribution >= 4 is 45.1 Å². The standard InChI is InChI=1S/C19H20N3O2S.ClH/c1-4-21-17-11-10-16(22(23)24)13-18(17)25-19(21)12-7-14-5-8-15(9-6-14)20(2)3;/h5-13H,4H2,1-3H3;1H/q+1;/p-1. The van der Waals surface area contributed by atoms with Crippen LogP contribution in [0.3, 0.4) is 0 Å². The van der Waals surface area contributed by atoms with E-state index in [9.17, 15) is 10.1 Å². The van der Waals surface area contributed by atoms with Gasteiger partial charge in [0, 0.05) is 44.1 Å². The number of thiazole rings is 1. The quantitative estimate of drug-likeness (QED) is 0.376. The number of nitrogens with zero attached hydrogens (tertiary/aromatic N) is 3. The molecule has 0 aliphatic heterocycles. The highest BCUT2D eigenvalue weighted by Gasteiger charge is 2.19. The topological polar surface area (TPSA) is 50.3 Å². The monoisotopic (exact) mass is 389 g/mol. The number of anilines is 1. The number of hydrogen-bond acceptors (Lipinski definition) is 4. The van der Waals surface area contributed by atoms with Crippen molar-refractivity contribution < 1.29 is 21.9 Å². The zero-order valence-electron chi connectivity index (χ0n) is 14.8. The molecule has 0 N–H and O–H groups in total. The van der Waals surface area contributed by atoms with Crippen LogP contribution in [0, 0.1) is 10.1 Å². The van der Waals surface area contributed by atoms with E-state index in [0.29, 0.717) is 0 Å². The highest BCUT2D eigenvalue weighted by molar-refractivity contribution is 7.18. The Bertz CT molecular complexity index is 949. The molecule has 1 heterocycles. The first kappa shape index (κ1) is 19.9. The van der Waals surface area contributed by atoms with Crippen molar-refractivity contribution in [2.75, 3.05) is 19.0 Å². The van der Waals surface area contributed by atoms with Gasteiger partial charge < -0.3 is 17.3 Å². The van der Waals surface area contributed by atoms with Crippen LogP contribution in [0.25, 0.3) is 22.4 Å². The lowest BCUT2D eigenvalue weighted by atomic mass is 10.2. The van der Waals surface area contributed by atoms with Crippen molar-refractivity contribution in [3.8, 4) is 0 Å². The largest absolute Gasteiger partial charge is 1.00 e. The summed E-state index contributed by atoms with van der Waals surface area (Å²) < 4.78 is 3.10.